The average molecular weight is 399 g/mol. The number of ether oxygens (including phenoxy) is 2. The lowest BCUT2D eigenvalue weighted by Crippen LogP contribution is -2.31. The number of amides is 1. The fourth-order valence-corrected chi connectivity index (χ4v) is 4.99. The SMILES string of the molecule is CCCc1nc(C2CN(C(=O)c3cc(OC)cc(OC)c3)CC23CCCC3)n[nH]1. The lowest BCUT2D eigenvalue weighted by molar-refractivity contribution is 0.0772. The Morgan fingerprint density at radius 1 is 1.21 bits per heavy atom. The van der Waals surface area contributed by atoms with Crippen molar-refractivity contribution >= 4 is 5.91 Å². The van der Waals surface area contributed by atoms with Gasteiger partial charge in [0.25, 0.3) is 5.91 Å². The summed E-state index contributed by atoms with van der Waals surface area (Å²) < 4.78 is 10.7. The summed E-state index contributed by atoms with van der Waals surface area (Å²) >= 11 is 0. The number of carbonyl (C=O) groups excluding carboxylic acids is 1. The molecule has 2 aromatic rings. The minimum atomic E-state index is 0.0142. The van der Waals surface area contributed by atoms with Gasteiger partial charge in [-0.2, -0.15) is 5.10 Å². The van der Waals surface area contributed by atoms with Gasteiger partial charge in [0.2, 0.25) is 0 Å². The summed E-state index contributed by atoms with van der Waals surface area (Å²) in [5, 5.41) is 7.64. The van der Waals surface area contributed by atoms with Gasteiger partial charge in [-0.05, 0) is 36.8 Å². The zero-order chi connectivity index (χ0) is 20.4. The van der Waals surface area contributed by atoms with Crippen molar-refractivity contribution in [3.63, 3.8) is 0 Å². The van der Waals surface area contributed by atoms with Crippen LogP contribution in [-0.4, -0.2) is 53.3 Å². The molecule has 1 N–H and O–H groups in total. The standard InChI is InChI=1S/C22H30N4O3/c1-4-7-19-23-20(25-24-19)18-13-26(14-22(18)8-5-6-9-22)21(27)15-10-16(28-2)12-17(11-15)29-3/h10-12,18H,4-9,13-14H2,1-3H3,(H,23,24,25). The largest absolute Gasteiger partial charge is 0.497 e. The molecule has 7 nitrogen and oxygen atoms in total. The van der Waals surface area contributed by atoms with Gasteiger partial charge in [-0.15, -0.1) is 0 Å². The Kier molecular flexibility index (Phi) is 5.48. The number of carbonyl (C=O) groups is 1. The highest BCUT2D eigenvalue weighted by Crippen LogP contribution is 2.53. The van der Waals surface area contributed by atoms with Crippen molar-refractivity contribution < 1.29 is 14.3 Å². The first-order chi connectivity index (χ1) is 14.1. The Balaban J connectivity index is 1.61. The molecule has 1 spiro atoms. The van der Waals surface area contributed by atoms with Crippen molar-refractivity contribution in [1.29, 1.82) is 0 Å². The Morgan fingerprint density at radius 2 is 1.90 bits per heavy atom. The second-order valence-corrected chi connectivity index (χ2v) is 8.30. The molecule has 0 radical (unpaired) electrons. The van der Waals surface area contributed by atoms with Crippen molar-refractivity contribution in [3.8, 4) is 11.5 Å². The third-order valence-corrected chi connectivity index (χ3v) is 6.48. The normalized spacial score (nSPS) is 20.4. The van der Waals surface area contributed by atoms with Crippen LogP contribution in [0.5, 0.6) is 11.5 Å². The summed E-state index contributed by atoms with van der Waals surface area (Å²) in [4.78, 5) is 20.1. The van der Waals surface area contributed by atoms with E-state index in [0.29, 0.717) is 23.6 Å². The van der Waals surface area contributed by atoms with Crippen LogP contribution in [-0.2, 0) is 6.42 Å². The molecule has 1 aliphatic carbocycles. The van der Waals surface area contributed by atoms with Gasteiger partial charge < -0.3 is 14.4 Å². The summed E-state index contributed by atoms with van der Waals surface area (Å²) in [5.41, 5.74) is 0.682. The van der Waals surface area contributed by atoms with Crippen LogP contribution >= 0.6 is 0 Å². The summed E-state index contributed by atoms with van der Waals surface area (Å²) in [5.74, 6) is 3.25. The molecule has 29 heavy (non-hydrogen) atoms. The van der Waals surface area contributed by atoms with Gasteiger partial charge in [0, 0.05) is 37.1 Å². The maximum Gasteiger partial charge on any atom is 0.254 e. The molecule has 0 bridgehead atoms. The molecule has 156 valence electrons. The molecule has 4 rings (SSSR count). The zero-order valence-electron chi connectivity index (χ0n) is 17.5. The average Bonchev–Trinajstić information content (AvgIpc) is 3.48. The van der Waals surface area contributed by atoms with Gasteiger partial charge in [-0.25, -0.2) is 4.98 Å². The fraction of sp³-hybridized carbons (Fsp3) is 0.591. The number of rotatable bonds is 6. The maximum absolute atomic E-state index is 13.4. The van der Waals surface area contributed by atoms with E-state index in [2.05, 4.69) is 17.1 Å². The smallest absolute Gasteiger partial charge is 0.254 e. The van der Waals surface area contributed by atoms with Crippen LogP contribution in [0.25, 0.3) is 0 Å². The first kappa shape index (κ1) is 19.7. The van der Waals surface area contributed by atoms with Gasteiger partial charge in [0.05, 0.1) is 14.2 Å². The van der Waals surface area contributed by atoms with Crippen LogP contribution in [0.3, 0.4) is 0 Å². The number of H-pyrrole nitrogens is 1. The predicted octanol–water partition coefficient (Wildman–Crippen LogP) is 3.57. The Bertz CT molecular complexity index is 850. The molecule has 2 aliphatic rings. The van der Waals surface area contributed by atoms with E-state index in [9.17, 15) is 4.79 Å². The van der Waals surface area contributed by atoms with Gasteiger partial charge >= 0.3 is 0 Å². The zero-order valence-corrected chi connectivity index (χ0v) is 17.5. The number of aryl methyl sites for hydroxylation is 1. The van der Waals surface area contributed by atoms with Gasteiger partial charge in [-0.3, -0.25) is 9.89 Å². The van der Waals surface area contributed by atoms with Crippen molar-refractivity contribution in [2.45, 2.75) is 51.4 Å². The highest BCUT2D eigenvalue weighted by atomic mass is 16.5. The monoisotopic (exact) mass is 398 g/mol. The minimum absolute atomic E-state index is 0.0142. The molecule has 7 heteroatoms. The van der Waals surface area contributed by atoms with Crippen molar-refractivity contribution in [1.82, 2.24) is 20.1 Å². The Hall–Kier alpha value is -2.57. The van der Waals surface area contributed by atoms with Crippen LogP contribution < -0.4 is 9.47 Å². The van der Waals surface area contributed by atoms with E-state index in [1.54, 1.807) is 32.4 Å². The quantitative estimate of drug-likeness (QED) is 0.805. The molecule has 1 aromatic heterocycles. The number of aromatic nitrogens is 3. The van der Waals surface area contributed by atoms with Crippen molar-refractivity contribution in [2.24, 2.45) is 5.41 Å². The third-order valence-electron chi connectivity index (χ3n) is 6.48. The third kappa shape index (κ3) is 3.70. The summed E-state index contributed by atoms with van der Waals surface area (Å²) in [7, 11) is 3.19. The molecule has 1 saturated carbocycles. The van der Waals surface area contributed by atoms with E-state index in [1.165, 1.54) is 12.8 Å². The first-order valence-electron chi connectivity index (χ1n) is 10.5. The Labute approximate surface area is 171 Å². The van der Waals surface area contributed by atoms with Crippen LogP contribution in [0.2, 0.25) is 0 Å². The Morgan fingerprint density at radius 3 is 2.52 bits per heavy atom. The number of methoxy groups -OCH3 is 2. The minimum Gasteiger partial charge on any atom is -0.497 e. The highest BCUT2D eigenvalue weighted by molar-refractivity contribution is 5.95. The molecule has 2 heterocycles. The molecule has 1 aliphatic heterocycles. The van der Waals surface area contributed by atoms with E-state index >= 15 is 0 Å². The van der Waals surface area contributed by atoms with Gasteiger partial charge in [-0.1, -0.05) is 19.8 Å². The van der Waals surface area contributed by atoms with E-state index in [1.807, 2.05) is 4.90 Å². The number of hydrogen-bond acceptors (Lipinski definition) is 5. The molecule has 1 saturated heterocycles. The van der Waals surface area contributed by atoms with Crippen molar-refractivity contribution in [2.75, 3.05) is 27.3 Å². The number of hydrogen-bond donors (Lipinski definition) is 1. The molecule has 1 amide bonds. The molecule has 1 atom stereocenters. The van der Waals surface area contributed by atoms with Crippen LogP contribution in [0, 0.1) is 5.41 Å². The number of benzene rings is 1. The summed E-state index contributed by atoms with van der Waals surface area (Å²) in [6.45, 7) is 3.55. The lowest BCUT2D eigenvalue weighted by Gasteiger charge is -2.27. The van der Waals surface area contributed by atoms with Crippen molar-refractivity contribution in [3.05, 3.63) is 35.4 Å². The second kappa shape index (κ2) is 8.05. The fourth-order valence-electron chi connectivity index (χ4n) is 4.99. The molecular weight excluding hydrogens is 368 g/mol. The summed E-state index contributed by atoms with van der Waals surface area (Å²) in [6.07, 6.45) is 6.60. The van der Waals surface area contributed by atoms with E-state index in [-0.39, 0.29) is 17.2 Å². The van der Waals surface area contributed by atoms with Crippen LogP contribution in [0.15, 0.2) is 18.2 Å². The van der Waals surface area contributed by atoms with Crippen LogP contribution in [0.4, 0.5) is 0 Å². The lowest BCUT2D eigenvalue weighted by atomic mass is 9.76. The molecular formula is C22H30N4O3. The first-order valence-corrected chi connectivity index (χ1v) is 10.5. The van der Waals surface area contributed by atoms with E-state index < -0.39 is 0 Å². The molecule has 1 unspecified atom stereocenters. The van der Waals surface area contributed by atoms with Crippen LogP contribution in [0.1, 0.15) is 67.0 Å². The van der Waals surface area contributed by atoms with Gasteiger partial charge in [0.1, 0.15) is 17.3 Å². The molecule has 2 fully saturated rings. The maximum atomic E-state index is 13.4. The second-order valence-electron chi connectivity index (χ2n) is 8.30. The van der Waals surface area contributed by atoms with Gasteiger partial charge in [0.15, 0.2) is 5.82 Å². The number of nitrogens with one attached hydrogen (secondary N) is 1. The number of nitrogens with zero attached hydrogens (tertiary/aromatic N) is 3. The number of likely N-dealkylation sites (tertiary alicyclic amines) is 1. The number of aromatic amines is 1. The van der Waals surface area contributed by atoms with E-state index in [4.69, 9.17) is 14.5 Å². The highest BCUT2D eigenvalue weighted by Gasteiger charge is 2.51. The molecule has 1 aromatic carbocycles. The summed E-state index contributed by atoms with van der Waals surface area (Å²) in [6, 6.07) is 5.35. The van der Waals surface area contributed by atoms with E-state index in [0.717, 1.165) is 43.9 Å². The topological polar surface area (TPSA) is 80.3 Å². The predicted molar refractivity (Wildman–Crippen MR) is 109 cm³/mol.